The molecule has 1 heterocycles. The maximum atomic E-state index is 12.2. The van der Waals surface area contributed by atoms with Crippen LogP contribution < -0.4 is 10.1 Å². The molecule has 0 aliphatic rings. The Morgan fingerprint density at radius 1 is 1.29 bits per heavy atom. The van der Waals surface area contributed by atoms with Crippen LogP contribution in [-0.2, 0) is 0 Å². The highest BCUT2D eigenvalue weighted by Gasteiger charge is 2.13. The number of nitrogens with zero attached hydrogens (tertiary/aromatic N) is 1. The zero-order valence-electron chi connectivity index (χ0n) is 12.2. The lowest BCUT2D eigenvalue weighted by atomic mass is 10.2. The lowest BCUT2D eigenvalue weighted by molar-refractivity contribution is 0.0727. The number of benzene rings is 1. The first-order valence-electron chi connectivity index (χ1n) is 6.67. The van der Waals surface area contributed by atoms with Crippen LogP contribution in [0.4, 0.5) is 5.82 Å². The van der Waals surface area contributed by atoms with Crippen LogP contribution in [-0.4, -0.2) is 17.0 Å². The molecule has 0 atom stereocenters. The summed E-state index contributed by atoms with van der Waals surface area (Å²) in [5.74, 6) is 0.656. The van der Waals surface area contributed by atoms with Crippen LogP contribution in [0.1, 0.15) is 29.9 Å². The molecule has 0 radical (unpaired) electrons. The molecule has 0 fully saturated rings. The molecule has 110 valence electrons. The molecule has 0 aliphatic heterocycles. The molecular formula is C16H17BrN2O2. The first kappa shape index (κ1) is 15.5. The number of hydrogen-bond acceptors (Lipinski definition) is 4. The summed E-state index contributed by atoms with van der Waals surface area (Å²) in [4.78, 5) is 16.4. The van der Waals surface area contributed by atoms with E-state index in [0.29, 0.717) is 11.6 Å². The van der Waals surface area contributed by atoms with Gasteiger partial charge in [0.05, 0.1) is 4.47 Å². The van der Waals surface area contributed by atoms with Gasteiger partial charge in [-0.25, -0.2) is 9.78 Å². The van der Waals surface area contributed by atoms with Crippen LogP contribution in [0.3, 0.4) is 0 Å². The van der Waals surface area contributed by atoms with E-state index in [2.05, 4.69) is 26.2 Å². The molecule has 0 amide bonds. The standard InChI is InChI=1S/C16H17BrN2O2/c1-10(2)18-15-6-4-5-13(19-15)16(20)21-14-8-7-11(3)9-12(14)17/h4-10H,1-3H3,(H,18,19). The minimum Gasteiger partial charge on any atom is -0.421 e. The Morgan fingerprint density at radius 2 is 2.05 bits per heavy atom. The summed E-state index contributed by atoms with van der Waals surface area (Å²) in [6, 6.07) is 11.0. The van der Waals surface area contributed by atoms with Gasteiger partial charge in [0, 0.05) is 6.04 Å². The van der Waals surface area contributed by atoms with Gasteiger partial charge in [-0.1, -0.05) is 12.1 Å². The average molecular weight is 349 g/mol. The fourth-order valence-corrected chi connectivity index (χ4v) is 2.34. The highest BCUT2D eigenvalue weighted by atomic mass is 79.9. The highest BCUT2D eigenvalue weighted by Crippen LogP contribution is 2.26. The molecule has 0 unspecified atom stereocenters. The quantitative estimate of drug-likeness (QED) is 0.664. The number of nitrogens with one attached hydrogen (secondary N) is 1. The Labute approximate surface area is 132 Å². The first-order chi connectivity index (χ1) is 9.95. The lowest BCUT2D eigenvalue weighted by Gasteiger charge is -2.10. The van der Waals surface area contributed by atoms with Crippen LogP contribution in [0.2, 0.25) is 0 Å². The third kappa shape index (κ3) is 4.29. The molecule has 1 aromatic carbocycles. The van der Waals surface area contributed by atoms with Crippen molar-refractivity contribution in [2.75, 3.05) is 5.32 Å². The van der Waals surface area contributed by atoms with Crippen LogP contribution in [0, 0.1) is 6.92 Å². The third-order valence-electron chi connectivity index (χ3n) is 2.68. The largest absolute Gasteiger partial charge is 0.421 e. The Kier molecular flexibility index (Phi) is 4.96. The van der Waals surface area contributed by atoms with E-state index < -0.39 is 5.97 Å². The molecular weight excluding hydrogens is 332 g/mol. The summed E-state index contributed by atoms with van der Waals surface area (Å²) < 4.78 is 6.11. The number of esters is 1. The normalized spacial score (nSPS) is 10.5. The van der Waals surface area contributed by atoms with E-state index in [-0.39, 0.29) is 11.7 Å². The van der Waals surface area contributed by atoms with Gasteiger partial charge in [-0.3, -0.25) is 0 Å². The van der Waals surface area contributed by atoms with Gasteiger partial charge in [-0.15, -0.1) is 0 Å². The van der Waals surface area contributed by atoms with Crippen molar-refractivity contribution in [3.63, 3.8) is 0 Å². The molecule has 0 bridgehead atoms. The molecule has 2 rings (SSSR count). The molecule has 21 heavy (non-hydrogen) atoms. The predicted octanol–water partition coefficient (Wildman–Crippen LogP) is 4.19. The summed E-state index contributed by atoms with van der Waals surface area (Å²) in [5.41, 5.74) is 1.36. The zero-order chi connectivity index (χ0) is 15.4. The lowest BCUT2D eigenvalue weighted by Crippen LogP contribution is -2.15. The number of anilines is 1. The minimum absolute atomic E-state index is 0.245. The number of aryl methyl sites for hydroxylation is 1. The van der Waals surface area contributed by atoms with Crippen molar-refractivity contribution in [1.82, 2.24) is 4.98 Å². The summed E-state index contributed by atoms with van der Waals surface area (Å²) in [7, 11) is 0. The fraction of sp³-hybridized carbons (Fsp3) is 0.250. The Balaban J connectivity index is 2.16. The van der Waals surface area contributed by atoms with E-state index in [9.17, 15) is 4.79 Å². The number of ether oxygens (including phenoxy) is 1. The van der Waals surface area contributed by atoms with Crippen LogP contribution in [0.5, 0.6) is 5.75 Å². The second kappa shape index (κ2) is 6.72. The Morgan fingerprint density at radius 3 is 2.71 bits per heavy atom. The molecule has 5 heteroatoms. The van der Waals surface area contributed by atoms with Gasteiger partial charge >= 0.3 is 5.97 Å². The summed E-state index contributed by atoms with van der Waals surface area (Å²) in [6.07, 6.45) is 0. The minimum atomic E-state index is -0.480. The number of carbonyl (C=O) groups is 1. The Hall–Kier alpha value is -1.88. The first-order valence-corrected chi connectivity index (χ1v) is 7.47. The summed E-state index contributed by atoms with van der Waals surface area (Å²) in [5, 5.41) is 3.15. The second-order valence-corrected chi connectivity index (χ2v) is 5.88. The number of pyridine rings is 1. The second-order valence-electron chi connectivity index (χ2n) is 5.03. The van der Waals surface area contributed by atoms with Crippen molar-refractivity contribution in [3.8, 4) is 5.75 Å². The Bertz CT molecular complexity index is 656. The predicted molar refractivity (Wildman–Crippen MR) is 86.8 cm³/mol. The van der Waals surface area contributed by atoms with E-state index in [1.165, 1.54) is 0 Å². The zero-order valence-corrected chi connectivity index (χ0v) is 13.8. The average Bonchev–Trinajstić information content (AvgIpc) is 2.41. The van der Waals surface area contributed by atoms with Gasteiger partial charge in [0.15, 0.2) is 5.69 Å². The maximum Gasteiger partial charge on any atom is 0.362 e. The molecule has 0 aliphatic carbocycles. The van der Waals surface area contributed by atoms with Gasteiger partial charge in [-0.05, 0) is 66.5 Å². The van der Waals surface area contributed by atoms with E-state index in [0.717, 1.165) is 10.0 Å². The molecule has 2 aromatic rings. The topological polar surface area (TPSA) is 51.2 Å². The van der Waals surface area contributed by atoms with E-state index in [4.69, 9.17) is 4.74 Å². The number of rotatable bonds is 4. The van der Waals surface area contributed by atoms with Crippen molar-refractivity contribution in [1.29, 1.82) is 0 Å². The molecule has 1 aromatic heterocycles. The van der Waals surface area contributed by atoms with Crippen LogP contribution in [0.25, 0.3) is 0 Å². The van der Waals surface area contributed by atoms with E-state index >= 15 is 0 Å². The number of aromatic nitrogens is 1. The third-order valence-corrected chi connectivity index (χ3v) is 3.30. The molecule has 4 nitrogen and oxygen atoms in total. The van der Waals surface area contributed by atoms with Gasteiger partial charge < -0.3 is 10.1 Å². The van der Waals surface area contributed by atoms with E-state index in [1.54, 1.807) is 18.2 Å². The SMILES string of the molecule is Cc1ccc(OC(=O)c2cccc(NC(C)C)n2)c(Br)c1. The van der Waals surface area contributed by atoms with Gasteiger partial charge in [0.25, 0.3) is 0 Å². The van der Waals surface area contributed by atoms with Crippen LogP contribution in [0.15, 0.2) is 40.9 Å². The van der Waals surface area contributed by atoms with Crippen molar-refractivity contribution < 1.29 is 9.53 Å². The van der Waals surface area contributed by atoms with Crippen molar-refractivity contribution in [2.24, 2.45) is 0 Å². The number of hydrogen-bond donors (Lipinski definition) is 1. The molecule has 0 spiro atoms. The van der Waals surface area contributed by atoms with Gasteiger partial charge in [0.1, 0.15) is 11.6 Å². The molecule has 0 saturated heterocycles. The summed E-state index contributed by atoms with van der Waals surface area (Å²) in [6.45, 7) is 5.99. The number of carbonyl (C=O) groups excluding carboxylic acids is 1. The highest BCUT2D eigenvalue weighted by molar-refractivity contribution is 9.10. The van der Waals surface area contributed by atoms with Gasteiger partial charge in [0.2, 0.25) is 0 Å². The number of halogens is 1. The fourth-order valence-electron chi connectivity index (χ4n) is 1.77. The van der Waals surface area contributed by atoms with E-state index in [1.807, 2.05) is 39.0 Å². The maximum absolute atomic E-state index is 12.2. The van der Waals surface area contributed by atoms with Crippen LogP contribution >= 0.6 is 15.9 Å². The summed E-state index contributed by atoms with van der Waals surface area (Å²) >= 11 is 3.39. The van der Waals surface area contributed by atoms with Crippen molar-refractivity contribution in [3.05, 3.63) is 52.1 Å². The van der Waals surface area contributed by atoms with Gasteiger partial charge in [-0.2, -0.15) is 0 Å². The smallest absolute Gasteiger partial charge is 0.362 e. The molecule has 1 N–H and O–H groups in total. The van der Waals surface area contributed by atoms with Crippen molar-refractivity contribution in [2.45, 2.75) is 26.8 Å². The molecule has 0 saturated carbocycles. The monoisotopic (exact) mass is 348 g/mol. The van der Waals surface area contributed by atoms with Crippen molar-refractivity contribution >= 4 is 27.7 Å².